The third-order valence-corrected chi connectivity index (χ3v) is 4.22. The highest BCUT2D eigenvalue weighted by atomic mass is 16.5. The molecule has 2 aliphatic rings. The first-order valence-electron chi connectivity index (χ1n) is 6.74. The molecular weight excluding hydrogens is 212 g/mol. The quantitative estimate of drug-likeness (QED) is 0.784. The summed E-state index contributed by atoms with van der Waals surface area (Å²) in [5.41, 5.74) is 0.309. The van der Waals surface area contributed by atoms with Gasteiger partial charge in [0.25, 0.3) is 0 Å². The highest BCUT2D eigenvalue weighted by Gasteiger charge is 2.37. The second-order valence-electron chi connectivity index (χ2n) is 5.25. The molecule has 0 radical (unpaired) electrons. The molecule has 0 amide bonds. The molecule has 2 fully saturated rings. The monoisotopic (exact) mass is 232 g/mol. The van der Waals surface area contributed by atoms with Crippen molar-refractivity contribution < 1.29 is 4.52 Å². The van der Waals surface area contributed by atoms with Gasteiger partial charge in [-0.15, -0.1) is 0 Å². The van der Waals surface area contributed by atoms with Crippen LogP contribution in [0.15, 0.2) is 22.9 Å². The molecule has 0 atom stereocenters. The van der Waals surface area contributed by atoms with Gasteiger partial charge in [0.1, 0.15) is 0 Å². The first-order valence-corrected chi connectivity index (χ1v) is 6.74. The minimum Gasteiger partial charge on any atom is -0.357 e. The maximum absolute atomic E-state index is 5.15. The predicted octanol–water partition coefficient (Wildman–Crippen LogP) is 3.10. The number of hydrogen-bond acceptors (Lipinski definition) is 3. The predicted molar refractivity (Wildman–Crippen MR) is 67.5 cm³/mol. The van der Waals surface area contributed by atoms with Crippen molar-refractivity contribution in [3.05, 3.63) is 24.1 Å². The molecule has 1 aromatic heterocycles. The normalized spacial score (nSPS) is 24.9. The Hall–Kier alpha value is -1.09. The van der Waals surface area contributed by atoms with E-state index in [0.717, 1.165) is 5.76 Å². The molecule has 3 heteroatoms. The van der Waals surface area contributed by atoms with Crippen LogP contribution in [0.2, 0.25) is 0 Å². The van der Waals surface area contributed by atoms with Crippen molar-refractivity contribution in [3.8, 4) is 0 Å². The van der Waals surface area contributed by atoms with E-state index in [1.165, 1.54) is 51.6 Å². The summed E-state index contributed by atoms with van der Waals surface area (Å²) >= 11 is 0. The van der Waals surface area contributed by atoms with Crippen LogP contribution in [0.3, 0.4) is 0 Å². The van der Waals surface area contributed by atoms with E-state index in [9.17, 15) is 0 Å². The number of hydrogen-bond donors (Lipinski definition) is 0. The van der Waals surface area contributed by atoms with E-state index in [1.807, 2.05) is 6.07 Å². The third kappa shape index (κ3) is 2.16. The van der Waals surface area contributed by atoms with Crippen LogP contribution in [0.1, 0.15) is 44.3 Å². The van der Waals surface area contributed by atoms with Crippen LogP contribution in [0, 0.1) is 0 Å². The number of nitrogens with zero attached hydrogens (tertiary/aromatic N) is 2. The highest BCUT2D eigenvalue weighted by molar-refractivity contribution is 5.44. The Labute approximate surface area is 102 Å². The van der Waals surface area contributed by atoms with Crippen LogP contribution in [-0.2, 0) is 0 Å². The molecule has 0 aromatic carbocycles. The Bertz CT molecular complexity index is 371. The lowest BCUT2D eigenvalue weighted by Gasteiger charge is -2.48. The Morgan fingerprint density at radius 1 is 1.18 bits per heavy atom. The maximum atomic E-state index is 5.15. The lowest BCUT2D eigenvalue weighted by molar-refractivity contribution is 0.0499. The van der Waals surface area contributed by atoms with Crippen LogP contribution >= 0.6 is 0 Å². The lowest BCUT2D eigenvalue weighted by Crippen LogP contribution is -2.53. The van der Waals surface area contributed by atoms with Gasteiger partial charge in [-0.2, -0.15) is 0 Å². The topological polar surface area (TPSA) is 29.3 Å². The molecule has 2 aliphatic heterocycles. The Balaban J connectivity index is 1.81. The summed E-state index contributed by atoms with van der Waals surface area (Å²) in [6.45, 7) is 2.53. The number of rotatable bonds is 2. The lowest BCUT2D eigenvalue weighted by atomic mass is 9.79. The maximum Gasteiger partial charge on any atom is 0.159 e. The SMILES string of the molecule is C(=C/C12CCCCN1CCCC2)/c1ccno1. The van der Waals surface area contributed by atoms with E-state index in [1.54, 1.807) is 6.20 Å². The second-order valence-corrected chi connectivity index (χ2v) is 5.25. The number of piperidine rings is 2. The molecule has 0 aliphatic carbocycles. The van der Waals surface area contributed by atoms with Crippen molar-refractivity contribution >= 4 is 6.08 Å². The average molecular weight is 232 g/mol. The van der Waals surface area contributed by atoms with Crippen molar-refractivity contribution in [1.29, 1.82) is 0 Å². The fraction of sp³-hybridized carbons (Fsp3) is 0.643. The molecule has 2 saturated heterocycles. The van der Waals surface area contributed by atoms with Crippen molar-refractivity contribution in [3.63, 3.8) is 0 Å². The zero-order valence-corrected chi connectivity index (χ0v) is 10.3. The molecule has 1 aromatic rings. The molecule has 0 unspecified atom stereocenters. The fourth-order valence-electron chi connectivity index (χ4n) is 3.29. The van der Waals surface area contributed by atoms with Gasteiger partial charge in [-0.05, 0) is 44.8 Å². The van der Waals surface area contributed by atoms with Gasteiger partial charge in [0.15, 0.2) is 5.76 Å². The third-order valence-electron chi connectivity index (χ3n) is 4.22. The zero-order chi connectivity index (χ0) is 11.6. The van der Waals surface area contributed by atoms with E-state index < -0.39 is 0 Å². The first kappa shape index (κ1) is 11.0. The van der Waals surface area contributed by atoms with Gasteiger partial charge in [0.05, 0.1) is 6.20 Å². The average Bonchev–Trinajstić information content (AvgIpc) is 2.90. The van der Waals surface area contributed by atoms with E-state index >= 15 is 0 Å². The van der Waals surface area contributed by atoms with Crippen LogP contribution < -0.4 is 0 Å². The molecule has 0 bridgehead atoms. The largest absolute Gasteiger partial charge is 0.357 e. The molecule has 0 N–H and O–H groups in total. The van der Waals surface area contributed by atoms with Gasteiger partial charge in [-0.3, -0.25) is 4.90 Å². The van der Waals surface area contributed by atoms with Gasteiger partial charge < -0.3 is 4.52 Å². The number of fused-ring (bicyclic) bond motifs is 1. The molecule has 0 saturated carbocycles. The van der Waals surface area contributed by atoms with Crippen molar-refractivity contribution in [1.82, 2.24) is 10.1 Å². The van der Waals surface area contributed by atoms with Crippen molar-refractivity contribution in [2.75, 3.05) is 13.1 Å². The highest BCUT2D eigenvalue weighted by Crippen LogP contribution is 2.37. The Morgan fingerprint density at radius 2 is 1.94 bits per heavy atom. The zero-order valence-electron chi connectivity index (χ0n) is 10.3. The van der Waals surface area contributed by atoms with E-state index in [0.29, 0.717) is 5.54 Å². The summed E-state index contributed by atoms with van der Waals surface area (Å²) in [5, 5.41) is 3.75. The summed E-state index contributed by atoms with van der Waals surface area (Å²) in [6.07, 6.45) is 14.2. The number of aromatic nitrogens is 1. The Morgan fingerprint density at radius 3 is 2.59 bits per heavy atom. The fourth-order valence-corrected chi connectivity index (χ4v) is 3.29. The summed E-state index contributed by atoms with van der Waals surface area (Å²) in [6, 6.07) is 1.92. The van der Waals surface area contributed by atoms with Crippen LogP contribution in [0.25, 0.3) is 6.08 Å². The summed E-state index contributed by atoms with van der Waals surface area (Å²) in [7, 11) is 0. The molecule has 0 spiro atoms. The molecule has 3 rings (SSSR count). The Kier molecular flexibility index (Phi) is 3.02. The van der Waals surface area contributed by atoms with Gasteiger partial charge in [-0.25, -0.2) is 0 Å². The molecule has 17 heavy (non-hydrogen) atoms. The van der Waals surface area contributed by atoms with Gasteiger partial charge in [0, 0.05) is 11.6 Å². The van der Waals surface area contributed by atoms with Gasteiger partial charge >= 0.3 is 0 Å². The first-order chi connectivity index (χ1) is 8.39. The second kappa shape index (κ2) is 4.65. The summed E-state index contributed by atoms with van der Waals surface area (Å²) in [4.78, 5) is 2.67. The van der Waals surface area contributed by atoms with Crippen LogP contribution in [0.5, 0.6) is 0 Å². The minimum atomic E-state index is 0.309. The smallest absolute Gasteiger partial charge is 0.159 e. The standard InChI is InChI=1S/C14H20N2O/c1-3-11-16-12-4-2-8-14(16,7-1)9-5-13-6-10-15-17-13/h5-6,9-10H,1-4,7-8,11-12H2/b9-5-. The summed E-state index contributed by atoms with van der Waals surface area (Å²) < 4.78 is 5.15. The molecular formula is C14H20N2O. The van der Waals surface area contributed by atoms with Gasteiger partial charge in [0.2, 0.25) is 0 Å². The van der Waals surface area contributed by atoms with E-state index in [4.69, 9.17) is 4.52 Å². The summed E-state index contributed by atoms with van der Waals surface area (Å²) in [5.74, 6) is 0.871. The molecule has 3 heterocycles. The molecule has 92 valence electrons. The van der Waals surface area contributed by atoms with Crippen molar-refractivity contribution in [2.45, 2.75) is 44.1 Å². The molecule has 3 nitrogen and oxygen atoms in total. The van der Waals surface area contributed by atoms with E-state index in [-0.39, 0.29) is 0 Å². The van der Waals surface area contributed by atoms with Crippen LogP contribution in [0.4, 0.5) is 0 Å². The van der Waals surface area contributed by atoms with Crippen molar-refractivity contribution in [2.24, 2.45) is 0 Å². The van der Waals surface area contributed by atoms with E-state index in [2.05, 4.69) is 22.2 Å². The van der Waals surface area contributed by atoms with Gasteiger partial charge in [-0.1, -0.05) is 24.1 Å². The van der Waals surface area contributed by atoms with Crippen LogP contribution in [-0.4, -0.2) is 28.7 Å². The minimum absolute atomic E-state index is 0.309.